The van der Waals surface area contributed by atoms with E-state index in [1.807, 2.05) is 11.0 Å². The Morgan fingerprint density at radius 1 is 1.25 bits per heavy atom. The summed E-state index contributed by atoms with van der Waals surface area (Å²) in [6, 6.07) is 9.92. The van der Waals surface area contributed by atoms with Gasteiger partial charge in [0.2, 0.25) is 11.8 Å². The van der Waals surface area contributed by atoms with Gasteiger partial charge in [0.25, 0.3) is 0 Å². The molecule has 1 aromatic carbocycles. The zero-order chi connectivity index (χ0) is 19.9. The molecule has 0 aliphatic carbocycles. The van der Waals surface area contributed by atoms with Crippen LogP contribution in [0.4, 0.5) is 10.2 Å². The number of rotatable bonds is 6. The van der Waals surface area contributed by atoms with E-state index in [0.717, 1.165) is 23.9 Å². The number of anilines is 1. The maximum Gasteiger partial charge on any atom is 0.234 e. The van der Waals surface area contributed by atoms with E-state index in [1.54, 1.807) is 30.5 Å². The number of nitrogens with zero attached hydrogens (tertiary/aromatic N) is 2. The quantitative estimate of drug-likeness (QED) is 0.712. The van der Waals surface area contributed by atoms with Crippen molar-refractivity contribution in [1.29, 1.82) is 0 Å². The molecule has 28 heavy (non-hydrogen) atoms. The van der Waals surface area contributed by atoms with Gasteiger partial charge in [-0.05, 0) is 53.5 Å². The number of nitrogens with one attached hydrogen (secondary N) is 2. The second-order valence-corrected chi connectivity index (χ2v) is 7.71. The number of pyridine rings is 1. The minimum Gasteiger partial charge on any atom is -0.351 e. The number of hydrogen-bond acceptors (Lipinski definition) is 4. The molecule has 3 rings (SSSR count). The van der Waals surface area contributed by atoms with Gasteiger partial charge in [0.15, 0.2) is 0 Å². The maximum absolute atomic E-state index is 13.6. The Bertz CT molecular complexity index is 831. The van der Waals surface area contributed by atoms with Crippen LogP contribution in [0.25, 0.3) is 0 Å². The molecule has 1 saturated heterocycles. The third-order valence-corrected chi connectivity index (χ3v) is 5.13. The molecule has 1 unspecified atom stereocenters. The Morgan fingerprint density at radius 3 is 2.82 bits per heavy atom. The number of carbonyl (C=O) groups excluding carboxylic acids is 2. The van der Waals surface area contributed by atoms with Crippen LogP contribution in [0.2, 0.25) is 0 Å². The monoisotopic (exact) mass is 448 g/mol. The molecular weight excluding hydrogens is 427 g/mol. The fraction of sp³-hybridized carbons (Fsp3) is 0.350. The molecule has 2 aromatic rings. The summed E-state index contributed by atoms with van der Waals surface area (Å²) >= 11 is 3.31. The molecule has 1 atom stereocenters. The number of amides is 2. The molecule has 148 valence electrons. The predicted octanol–water partition coefficient (Wildman–Crippen LogP) is 2.95. The first-order valence-electron chi connectivity index (χ1n) is 9.16. The molecule has 2 heterocycles. The molecule has 2 N–H and O–H groups in total. The number of halogens is 2. The highest BCUT2D eigenvalue weighted by molar-refractivity contribution is 9.10. The Labute approximate surface area is 171 Å². The molecule has 1 aromatic heterocycles. The Hall–Kier alpha value is -2.32. The molecule has 1 fully saturated rings. The van der Waals surface area contributed by atoms with Crippen LogP contribution in [-0.4, -0.2) is 41.3 Å². The SMILES string of the molecule is O=C(CN1CCCC(C(=O)Nc2ccc(Br)cn2)C1)NCc1ccccc1F. The zero-order valence-electron chi connectivity index (χ0n) is 15.3. The van der Waals surface area contributed by atoms with Crippen LogP contribution in [0, 0.1) is 11.7 Å². The van der Waals surface area contributed by atoms with E-state index in [1.165, 1.54) is 6.07 Å². The summed E-state index contributed by atoms with van der Waals surface area (Å²) in [6.45, 7) is 1.61. The van der Waals surface area contributed by atoms with Crippen LogP contribution in [0.3, 0.4) is 0 Å². The van der Waals surface area contributed by atoms with Crippen molar-refractivity contribution in [2.45, 2.75) is 19.4 Å². The Kier molecular flexibility index (Phi) is 7.11. The lowest BCUT2D eigenvalue weighted by Gasteiger charge is -2.31. The van der Waals surface area contributed by atoms with E-state index in [-0.39, 0.29) is 36.6 Å². The fourth-order valence-corrected chi connectivity index (χ4v) is 3.42. The minimum absolute atomic E-state index is 0.0914. The van der Waals surface area contributed by atoms with Crippen molar-refractivity contribution in [2.24, 2.45) is 5.92 Å². The summed E-state index contributed by atoms with van der Waals surface area (Å²) in [5.41, 5.74) is 0.453. The van der Waals surface area contributed by atoms with E-state index < -0.39 is 0 Å². The van der Waals surface area contributed by atoms with E-state index in [4.69, 9.17) is 0 Å². The normalized spacial score (nSPS) is 17.1. The molecular formula is C20H22BrFN4O2. The predicted molar refractivity (Wildman–Crippen MR) is 108 cm³/mol. The number of carbonyl (C=O) groups is 2. The number of hydrogen-bond donors (Lipinski definition) is 2. The standard InChI is InChI=1S/C20H22BrFN4O2/c21-16-7-8-18(23-11-16)25-20(28)15-5-3-9-26(12-15)13-19(27)24-10-14-4-1-2-6-17(14)22/h1-2,4,6-8,11,15H,3,5,9-10,12-13H2,(H,24,27)(H,23,25,28). The van der Waals surface area contributed by atoms with Crippen molar-refractivity contribution in [3.63, 3.8) is 0 Å². The number of piperidine rings is 1. The highest BCUT2D eigenvalue weighted by Crippen LogP contribution is 2.19. The van der Waals surface area contributed by atoms with Gasteiger partial charge in [-0.15, -0.1) is 0 Å². The first-order valence-corrected chi connectivity index (χ1v) is 9.95. The zero-order valence-corrected chi connectivity index (χ0v) is 16.9. The Morgan fingerprint density at radius 2 is 2.07 bits per heavy atom. The molecule has 1 aliphatic heterocycles. The van der Waals surface area contributed by atoms with Crippen molar-refractivity contribution in [2.75, 3.05) is 25.0 Å². The minimum atomic E-state index is -0.334. The van der Waals surface area contributed by atoms with Crippen molar-refractivity contribution in [1.82, 2.24) is 15.2 Å². The summed E-state index contributed by atoms with van der Waals surface area (Å²) < 4.78 is 14.5. The van der Waals surface area contributed by atoms with E-state index in [0.29, 0.717) is 17.9 Å². The number of benzene rings is 1. The van der Waals surface area contributed by atoms with Crippen molar-refractivity contribution < 1.29 is 14.0 Å². The van der Waals surface area contributed by atoms with E-state index in [2.05, 4.69) is 31.5 Å². The summed E-state index contributed by atoms with van der Waals surface area (Å²) in [4.78, 5) is 30.8. The first-order chi connectivity index (χ1) is 13.5. The van der Waals surface area contributed by atoms with Crippen LogP contribution in [-0.2, 0) is 16.1 Å². The summed E-state index contributed by atoms with van der Waals surface area (Å²) in [7, 11) is 0. The second kappa shape index (κ2) is 9.75. The molecule has 1 aliphatic rings. The molecule has 0 saturated carbocycles. The van der Waals surface area contributed by atoms with Gasteiger partial charge >= 0.3 is 0 Å². The van der Waals surface area contributed by atoms with Crippen LogP contribution < -0.4 is 10.6 Å². The lowest BCUT2D eigenvalue weighted by Crippen LogP contribution is -2.45. The number of likely N-dealkylation sites (tertiary alicyclic amines) is 1. The van der Waals surface area contributed by atoms with Crippen LogP contribution in [0.5, 0.6) is 0 Å². The Balaban J connectivity index is 1.47. The van der Waals surface area contributed by atoms with Crippen molar-refractivity contribution in [3.8, 4) is 0 Å². The number of aromatic nitrogens is 1. The van der Waals surface area contributed by atoms with Gasteiger partial charge < -0.3 is 10.6 Å². The smallest absolute Gasteiger partial charge is 0.234 e. The molecule has 0 spiro atoms. The van der Waals surface area contributed by atoms with Crippen LogP contribution in [0.15, 0.2) is 47.1 Å². The van der Waals surface area contributed by atoms with Gasteiger partial charge in [0, 0.05) is 29.3 Å². The highest BCUT2D eigenvalue weighted by Gasteiger charge is 2.27. The van der Waals surface area contributed by atoms with Gasteiger partial charge in [-0.25, -0.2) is 9.37 Å². The largest absolute Gasteiger partial charge is 0.351 e. The lowest BCUT2D eigenvalue weighted by atomic mass is 9.97. The summed E-state index contributed by atoms with van der Waals surface area (Å²) in [6.07, 6.45) is 3.24. The maximum atomic E-state index is 13.6. The second-order valence-electron chi connectivity index (χ2n) is 6.79. The van der Waals surface area contributed by atoms with Crippen molar-refractivity contribution in [3.05, 3.63) is 58.4 Å². The van der Waals surface area contributed by atoms with Crippen LogP contribution >= 0.6 is 15.9 Å². The lowest BCUT2D eigenvalue weighted by molar-refractivity contribution is -0.125. The molecule has 6 nitrogen and oxygen atoms in total. The van der Waals surface area contributed by atoms with Gasteiger partial charge in [0.1, 0.15) is 11.6 Å². The first kappa shape index (κ1) is 20.4. The fourth-order valence-electron chi connectivity index (χ4n) is 3.19. The molecule has 2 amide bonds. The third kappa shape index (κ3) is 5.84. The van der Waals surface area contributed by atoms with Gasteiger partial charge in [-0.3, -0.25) is 14.5 Å². The van der Waals surface area contributed by atoms with Crippen molar-refractivity contribution >= 4 is 33.6 Å². The summed E-state index contributed by atoms with van der Waals surface area (Å²) in [5, 5.41) is 5.57. The highest BCUT2D eigenvalue weighted by atomic mass is 79.9. The van der Waals surface area contributed by atoms with Gasteiger partial charge in [-0.1, -0.05) is 18.2 Å². The third-order valence-electron chi connectivity index (χ3n) is 4.66. The average molecular weight is 449 g/mol. The van der Waals surface area contributed by atoms with E-state index >= 15 is 0 Å². The van der Waals surface area contributed by atoms with Gasteiger partial charge in [0.05, 0.1) is 12.5 Å². The van der Waals surface area contributed by atoms with Gasteiger partial charge in [-0.2, -0.15) is 0 Å². The average Bonchev–Trinajstić information content (AvgIpc) is 2.69. The molecule has 0 bridgehead atoms. The summed E-state index contributed by atoms with van der Waals surface area (Å²) in [5.74, 6) is -0.296. The molecule has 8 heteroatoms. The topological polar surface area (TPSA) is 74.3 Å². The molecule has 0 radical (unpaired) electrons. The van der Waals surface area contributed by atoms with E-state index in [9.17, 15) is 14.0 Å². The van der Waals surface area contributed by atoms with Crippen LogP contribution in [0.1, 0.15) is 18.4 Å².